The number of aromatic nitrogens is 2. The van der Waals surface area contributed by atoms with Crippen LogP contribution in [0.25, 0.3) is 0 Å². The Kier molecular flexibility index (Phi) is 14.5. The topological polar surface area (TPSA) is 175 Å². The molecule has 13 nitrogen and oxygen atoms in total. The van der Waals surface area contributed by atoms with E-state index in [9.17, 15) is 24.0 Å². The Balaban J connectivity index is 2.07. The molecule has 0 aromatic carbocycles. The number of thioether (sulfide) groups is 1. The van der Waals surface area contributed by atoms with Crippen molar-refractivity contribution in [2.24, 2.45) is 16.2 Å². The van der Waals surface area contributed by atoms with Gasteiger partial charge in [-0.15, -0.1) is 0 Å². The summed E-state index contributed by atoms with van der Waals surface area (Å²) in [4.78, 5) is 61.1. The molecule has 1 saturated carbocycles. The molecule has 2 atom stereocenters. The van der Waals surface area contributed by atoms with Gasteiger partial charge in [0.25, 0.3) is 0 Å². The standard InChI is InChI=1S/C29H40N4O9S3/c1-7-21(35)39-15-29(16-40-22(36)8-2,17-41-23(37)9-3)18-42-24(38)31-19-10-27(4,5)13-28(6,11-19)14-30-20(34)12-44-26-33-32-25(43)45-26/h7-9,19H,1-3,10-18H2,4-6H3,(H,30,34)(H,31,38)(H,32,43). The van der Waals surface area contributed by atoms with E-state index in [0.717, 1.165) is 24.6 Å². The molecule has 2 rings (SSSR count). The van der Waals surface area contributed by atoms with Gasteiger partial charge in [-0.3, -0.25) is 9.89 Å². The Hall–Kier alpha value is -3.50. The number of alkyl carbamates (subject to hydrolysis) is 1. The molecular formula is C29H40N4O9S3. The van der Waals surface area contributed by atoms with E-state index < -0.39 is 55.8 Å². The molecule has 1 aliphatic carbocycles. The molecule has 16 heteroatoms. The molecule has 0 radical (unpaired) electrons. The highest BCUT2D eigenvalue weighted by atomic mass is 32.2. The van der Waals surface area contributed by atoms with Crippen LogP contribution in [0.2, 0.25) is 0 Å². The van der Waals surface area contributed by atoms with Crippen molar-refractivity contribution in [1.82, 2.24) is 20.8 Å². The first-order valence-electron chi connectivity index (χ1n) is 13.9. The number of rotatable bonds is 17. The zero-order chi connectivity index (χ0) is 33.7. The number of nitrogens with one attached hydrogen (secondary N) is 3. The van der Waals surface area contributed by atoms with Gasteiger partial charge in [0.2, 0.25) is 5.91 Å². The number of carbonyl (C=O) groups is 5. The first-order chi connectivity index (χ1) is 21.1. The fraction of sp³-hybridized carbons (Fsp3) is 0.552. The summed E-state index contributed by atoms with van der Waals surface area (Å²) in [6.07, 6.45) is 4.06. The van der Waals surface area contributed by atoms with Crippen LogP contribution < -0.4 is 10.6 Å². The molecule has 0 aliphatic heterocycles. The van der Waals surface area contributed by atoms with E-state index in [0.29, 0.717) is 27.7 Å². The van der Waals surface area contributed by atoms with Crippen molar-refractivity contribution in [2.45, 2.75) is 50.4 Å². The number of hydrogen-bond acceptors (Lipinski definition) is 13. The molecule has 1 heterocycles. The summed E-state index contributed by atoms with van der Waals surface area (Å²) in [6.45, 7) is 15.0. The van der Waals surface area contributed by atoms with Gasteiger partial charge in [0, 0.05) is 30.8 Å². The maximum absolute atomic E-state index is 13.1. The molecule has 1 aliphatic rings. The third kappa shape index (κ3) is 13.6. The molecule has 45 heavy (non-hydrogen) atoms. The van der Waals surface area contributed by atoms with Gasteiger partial charge in [0.1, 0.15) is 31.8 Å². The monoisotopic (exact) mass is 684 g/mol. The fourth-order valence-corrected chi connectivity index (χ4v) is 7.08. The van der Waals surface area contributed by atoms with Crippen LogP contribution in [0.15, 0.2) is 42.3 Å². The summed E-state index contributed by atoms with van der Waals surface area (Å²) in [5.74, 6) is -2.29. The van der Waals surface area contributed by atoms with E-state index in [1.165, 1.54) is 23.1 Å². The minimum atomic E-state index is -1.44. The number of amides is 2. The number of carbonyl (C=O) groups excluding carboxylic acids is 5. The lowest BCUT2D eigenvalue weighted by Crippen LogP contribution is -2.51. The lowest BCUT2D eigenvalue weighted by Gasteiger charge is -2.46. The minimum Gasteiger partial charge on any atom is -0.462 e. The Morgan fingerprint density at radius 3 is 2.00 bits per heavy atom. The van der Waals surface area contributed by atoms with Gasteiger partial charge in [0.15, 0.2) is 8.29 Å². The molecule has 0 saturated heterocycles. The zero-order valence-electron chi connectivity index (χ0n) is 25.6. The van der Waals surface area contributed by atoms with Gasteiger partial charge >= 0.3 is 24.0 Å². The van der Waals surface area contributed by atoms with Crippen LogP contribution in [0.3, 0.4) is 0 Å². The first-order valence-corrected chi connectivity index (χ1v) is 16.1. The van der Waals surface area contributed by atoms with Crippen molar-refractivity contribution in [1.29, 1.82) is 0 Å². The van der Waals surface area contributed by atoms with Crippen molar-refractivity contribution in [3.63, 3.8) is 0 Å². The normalized spacial score (nSPS) is 18.9. The maximum atomic E-state index is 13.1. The average molecular weight is 685 g/mol. The predicted octanol–water partition coefficient (Wildman–Crippen LogP) is 3.89. The van der Waals surface area contributed by atoms with Gasteiger partial charge in [-0.2, -0.15) is 5.10 Å². The fourth-order valence-electron chi connectivity index (χ4n) is 5.17. The Morgan fingerprint density at radius 2 is 1.51 bits per heavy atom. The highest BCUT2D eigenvalue weighted by Gasteiger charge is 2.43. The van der Waals surface area contributed by atoms with Crippen molar-refractivity contribution in [2.75, 3.05) is 38.7 Å². The number of hydrogen-bond donors (Lipinski definition) is 3. The quantitative estimate of drug-likeness (QED) is 0.0711. The second-order valence-corrected chi connectivity index (χ2v) is 14.7. The molecule has 0 spiro atoms. The predicted molar refractivity (Wildman–Crippen MR) is 171 cm³/mol. The lowest BCUT2D eigenvalue weighted by molar-refractivity contribution is -0.159. The summed E-state index contributed by atoms with van der Waals surface area (Å²) < 4.78 is 22.3. The van der Waals surface area contributed by atoms with E-state index in [1.54, 1.807) is 0 Å². The van der Waals surface area contributed by atoms with E-state index in [-0.39, 0.29) is 28.5 Å². The van der Waals surface area contributed by atoms with E-state index >= 15 is 0 Å². The Labute approximate surface area is 275 Å². The zero-order valence-corrected chi connectivity index (χ0v) is 28.1. The largest absolute Gasteiger partial charge is 0.462 e. The van der Waals surface area contributed by atoms with Crippen LogP contribution in [0.1, 0.15) is 40.0 Å². The molecule has 0 bridgehead atoms. The smallest absolute Gasteiger partial charge is 0.407 e. The molecule has 1 aromatic heterocycles. The molecular weight excluding hydrogens is 645 g/mol. The second kappa shape index (κ2) is 17.3. The lowest BCUT2D eigenvalue weighted by atomic mass is 9.62. The second-order valence-electron chi connectivity index (χ2n) is 11.9. The van der Waals surface area contributed by atoms with Crippen LogP contribution in [0.5, 0.6) is 0 Å². The number of esters is 3. The highest BCUT2D eigenvalue weighted by molar-refractivity contribution is 8.01. The summed E-state index contributed by atoms with van der Waals surface area (Å²) >= 11 is 7.62. The van der Waals surface area contributed by atoms with Crippen molar-refractivity contribution < 1.29 is 42.9 Å². The minimum absolute atomic E-state index is 0.141. The number of nitrogens with zero attached hydrogens (tertiary/aromatic N) is 1. The summed E-state index contributed by atoms with van der Waals surface area (Å²) in [5, 5.41) is 12.6. The average Bonchev–Trinajstić information content (AvgIpc) is 3.41. The van der Waals surface area contributed by atoms with Gasteiger partial charge in [0.05, 0.1) is 5.75 Å². The summed E-state index contributed by atoms with van der Waals surface area (Å²) in [6, 6.07) is -0.293. The first kappa shape index (κ1) is 37.7. The molecule has 1 fully saturated rings. The van der Waals surface area contributed by atoms with Crippen LogP contribution >= 0.6 is 35.3 Å². The maximum Gasteiger partial charge on any atom is 0.407 e. The van der Waals surface area contributed by atoms with Crippen LogP contribution in [-0.4, -0.2) is 84.9 Å². The van der Waals surface area contributed by atoms with E-state index in [1.807, 2.05) is 0 Å². The Morgan fingerprint density at radius 1 is 0.978 bits per heavy atom. The number of H-pyrrole nitrogens is 1. The molecule has 248 valence electrons. The summed E-state index contributed by atoms with van der Waals surface area (Å²) in [7, 11) is 0. The number of aromatic amines is 1. The Bertz CT molecular complexity index is 1270. The van der Waals surface area contributed by atoms with Gasteiger partial charge in [-0.1, -0.05) is 63.6 Å². The van der Waals surface area contributed by atoms with Gasteiger partial charge < -0.3 is 29.6 Å². The van der Waals surface area contributed by atoms with Gasteiger partial charge in [-0.05, 0) is 42.3 Å². The summed E-state index contributed by atoms with van der Waals surface area (Å²) in [5.41, 5.74) is -1.94. The van der Waals surface area contributed by atoms with Crippen LogP contribution in [0.4, 0.5) is 4.79 Å². The van der Waals surface area contributed by atoms with Crippen molar-refractivity contribution in [3.05, 3.63) is 41.9 Å². The molecule has 2 amide bonds. The van der Waals surface area contributed by atoms with E-state index in [2.05, 4.69) is 61.3 Å². The third-order valence-electron chi connectivity index (χ3n) is 6.79. The highest BCUT2D eigenvalue weighted by Crippen LogP contribution is 2.45. The molecule has 2 unspecified atom stereocenters. The van der Waals surface area contributed by atoms with Crippen LogP contribution in [-0.2, 0) is 38.1 Å². The van der Waals surface area contributed by atoms with Crippen molar-refractivity contribution in [3.8, 4) is 0 Å². The number of ether oxygens (including phenoxy) is 4. The SMILES string of the molecule is C=CC(=O)OCC(COC(=O)C=C)(COC(=O)C=C)COC(=O)NC1CC(C)(C)CC(C)(CNC(=O)CSc2n[nH]c(=S)s2)C1. The molecule has 1 aromatic rings. The van der Waals surface area contributed by atoms with E-state index in [4.69, 9.17) is 31.2 Å². The van der Waals surface area contributed by atoms with Crippen LogP contribution in [0, 0.1) is 20.2 Å². The third-order valence-corrected chi connectivity index (χ3v) is 9.03. The van der Waals surface area contributed by atoms with Gasteiger partial charge in [-0.25, -0.2) is 19.2 Å². The van der Waals surface area contributed by atoms with Crippen molar-refractivity contribution >= 4 is 65.2 Å². The molecule has 3 N–H and O–H groups in total.